The predicted molar refractivity (Wildman–Crippen MR) is 85.6 cm³/mol. The topological polar surface area (TPSA) is 81.2 Å². The Morgan fingerprint density at radius 1 is 1.35 bits per heavy atom. The quantitative estimate of drug-likeness (QED) is 0.772. The van der Waals surface area contributed by atoms with Crippen LogP contribution in [0, 0.1) is 11.8 Å². The number of hydrogen-bond donors (Lipinski definition) is 1. The second-order valence-corrected chi connectivity index (χ2v) is 6.35. The highest BCUT2D eigenvalue weighted by Crippen LogP contribution is 2.25. The molecule has 0 spiro atoms. The number of nitrogens with one attached hydrogen (secondary N) is 1. The number of nitrogens with zero attached hydrogens (tertiary/aromatic N) is 2. The highest BCUT2D eigenvalue weighted by molar-refractivity contribution is 6.29. The zero-order valence-corrected chi connectivity index (χ0v) is 14.0. The molecule has 1 fully saturated rings. The number of halogens is 1. The molecule has 1 unspecified atom stereocenters. The molecule has 6 nitrogen and oxygen atoms in total. The van der Waals surface area contributed by atoms with E-state index in [0.29, 0.717) is 5.69 Å². The van der Waals surface area contributed by atoms with Gasteiger partial charge in [-0.25, -0.2) is 4.98 Å². The van der Waals surface area contributed by atoms with Crippen LogP contribution in [0.25, 0.3) is 0 Å². The van der Waals surface area contributed by atoms with Gasteiger partial charge < -0.3 is 10.1 Å². The van der Waals surface area contributed by atoms with Gasteiger partial charge in [0.1, 0.15) is 0 Å². The van der Waals surface area contributed by atoms with E-state index in [-0.39, 0.29) is 48.4 Å². The monoisotopic (exact) mass is 339 g/mol. The average molecular weight is 340 g/mol. The summed E-state index contributed by atoms with van der Waals surface area (Å²) >= 11 is 5.88. The standard InChI is InChI=1S/C16H22ClN3O3/c1-11(10-23-16(22)12-4-2-3-5-12)8-14(21)20-9-13-15(17)19-7-6-18-13/h6-7,11-12H,2-5,8-10H2,1H3,(H,20,21). The molecule has 1 aliphatic carbocycles. The van der Waals surface area contributed by atoms with Crippen molar-refractivity contribution in [3.63, 3.8) is 0 Å². The lowest BCUT2D eigenvalue weighted by Gasteiger charge is -2.14. The van der Waals surface area contributed by atoms with Crippen molar-refractivity contribution in [3.8, 4) is 0 Å². The van der Waals surface area contributed by atoms with Gasteiger partial charge in [0.15, 0.2) is 5.15 Å². The predicted octanol–water partition coefficient (Wildman–Crippen LogP) is 2.51. The summed E-state index contributed by atoms with van der Waals surface area (Å²) in [6.45, 7) is 2.39. The third-order valence-corrected chi connectivity index (χ3v) is 4.22. The third kappa shape index (κ3) is 5.78. The van der Waals surface area contributed by atoms with Gasteiger partial charge in [0.2, 0.25) is 5.91 Å². The third-order valence-electron chi connectivity index (χ3n) is 3.91. The molecule has 1 aromatic rings. The first-order valence-corrected chi connectivity index (χ1v) is 8.32. The maximum Gasteiger partial charge on any atom is 0.308 e. The summed E-state index contributed by atoms with van der Waals surface area (Å²) in [4.78, 5) is 31.7. The summed E-state index contributed by atoms with van der Waals surface area (Å²) in [5.41, 5.74) is 0.530. The van der Waals surface area contributed by atoms with Gasteiger partial charge >= 0.3 is 5.97 Å². The molecular formula is C16H22ClN3O3. The fraction of sp³-hybridized carbons (Fsp3) is 0.625. The second-order valence-electron chi connectivity index (χ2n) is 5.99. The summed E-state index contributed by atoms with van der Waals surface area (Å²) in [5, 5.41) is 3.03. The van der Waals surface area contributed by atoms with E-state index in [1.165, 1.54) is 12.4 Å². The van der Waals surface area contributed by atoms with Gasteiger partial charge in [-0.1, -0.05) is 31.4 Å². The van der Waals surface area contributed by atoms with E-state index >= 15 is 0 Å². The van der Waals surface area contributed by atoms with Crippen LogP contribution in [-0.4, -0.2) is 28.5 Å². The van der Waals surface area contributed by atoms with E-state index in [1.807, 2.05) is 6.92 Å². The molecule has 2 rings (SSSR count). The number of carbonyl (C=O) groups is 2. The van der Waals surface area contributed by atoms with Crippen LogP contribution in [0.1, 0.15) is 44.7 Å². The Labute approximate surface area is 141 Å². The molecule has 0 saturated heterocycles. The maximum absolute atomic E-state index is 11.9. The van der Waals surface area contributed by atoms with Gasteiger partial charge in [-0.2, -0.15) is 0 Å². The smallest absolute Gasteiger partial charge is 0.308 e. The Morgan fingerprint density at radius 3 is 2.74 bits per heavy atom. The minimum absolute atomic E-state index is 0.0299. The molecule has 23 heavy (non-hydrogen) atoms. The lowest BCUT2D eigenvalue weighted by molar-refractivity contribution is -0.150. The van der Waals surface area contributed by atoms with Gasteiger partial charge in [-0.05, 0) is 18.8 Å². The fourth-order valence-corrected chi connectivity index (χ4v) is 2.77. The molecule has 1 atom stereocenters. The molecule has 1 N–H and O–H groups in total. The molecule has 1 aromatic heterocycles. The van der Waals surface area contributed by atoms with E-state index in [2.05, 4.69) is 15.3 Å². The molecule has 1 aliphatic rings. The van der Waals surface area contributed by atoms with E-state index in [1.54, 1.807) is 0 Å². The molecule has 0 radical (unpaired) electrons. The van der Waals surface area contributed by atoms with Crippen LogP contribution >= 0.6 is 11.6 Å². The molecule has 126 valence electrons. The van der Waals surface area contributed by atoms with Crippen LogP contribution in [0.4, 0.5) is 0 Å². The minimum atomic E-state index is -0.129. The Hall–Kier alpha value is -1.69. The zero-order valence-electron chi connectivity index (χ0n) is 13.3. The van der Waals surface area contributed by atoms with Crippen molar-refractivity contribution in [3.05, 3.63) is 23.2 Å². The molecule has 1 amide bonds. The summed E-state index contributed by atoms with van der Waals surface area (Å²) in [7, 11) is 0. The van der Waals surface area contributed by atoms with Crippen molar-refractivity contribution < 1.29 is 14.3 Å². The van der Waals surface area contributed by atoms with Crippen LogP contribution < -0.4 is 5.32 Å². The van der Waals surface area contributed by atoms with Gasteiger partial charge in [0.05, 0.1) is 24.8 Å². The molecular weight excluding hydrogens is 318 g/mol. The van der Waals surface area contributed by atoms with E-state index < -0.39 is 0 Å². The Morgan fingerprint density at radius 2 is 2.04 bits per heavy atom. The summed E-state index contributed by atoms with van der Waals surface area (Å²) in [6.07, 6.45) is 7.35. The van der Waals surface area contributed by atoms with Crippen molar-refractivity contribution in [2.45, 2.75) is 45.6 Å². The van der Waals surface area contributed by atoms with Gasteiger partial charge in [-0.3, -0.25) is 14.6 Å². The van der Waals surface area contributed by atoms with E-state index in [0.717, 1.165) is 25.7 Å². The number of ether oxygens (including phenoxy) is 1. The molecule has 1 heterocycles. The number of carbonyl (C=O) groups excluding carboxylic acids is 2. The van der Waals surface area contributed by atoms with Crippen LogP contribution in [0.15, 0.2) is 12.4 Å². The first kappa shape index (κ1) is 17.7. The number of rotatable bonds is 7. The van der Waals surface area contributed by atoms with E-state index in [4.69, 9.17) is 16.3 Å². The normalized spacial score (nSPS) is 16.1. The minimum Gasteiger partial charge on any atom is -0.465 e. The average Bonchev–Trinajstić information content (AvgIpc) is 3.06. The summed E-state index contributed by atoms with van der Waals surface area (Å²) in [5.74, 6) is -0.232. The molecule has 0 aliphatic heterocycles. The number of hydrogen-bond acceptors (Lipinski definition) is 5. The van der Waals surface area contributed by atoms with Gasteiger partial charge in [0, 0.05) is 18.8 Å². The van der Waals surface area contributed by atoms with Crippen molar-refractivity contribution in [2.75, 3.05) is 6.61 Å². The Balaban J connectivity index is 1.66. The maximum atomic E-state index is 11.9. The number of esters is 1. The SMILES string of the molecule is CC(COC(=O)C1CCCC1)CC(=O)NCc1nccnc1Cl. The lowest BCUT2D eigenvalue weighted by atomic mass is 10.1. The fourth-order valence-electron chi connectivity index (χ4n) is 2.60. The van der Waals surface area contributed by atoms with Crippen LogP contribution in [0.2, 0.25) is 5.15 Å². The zero-order chi connectivity index (χ0) is 16.7. The van der Waals surface area contributed by atoms with Crippen molar-refractivity contribution in [2.24, 2.45) is 11.8 Å². The summed E-state index contributed by atoms with van der Waals surface area (Å²) in [6, 6.07) is 0. The Kier molecular flexibility index (Phi) is 6.77. The molecule has 0 aromatic carbocycles. The molecule has 1 saturated carbocycles. The first-order chi connectivity index (χ1) is 11.1. The first-order valence-electron chi connectivity index (χ1n) is 7.95. The highest BCUT2D eigenvalue weighted by Gasteiger charge is 2.24. The second kappa shape index (κ2) is 8.82. The van der Waals surface area contributed by atoms with Crippen molar-refractivity contribution in [1.82, 2.24) is 15.3 Å². The van der Waals surface area contributed by atoms with Gasteiger partial charge in [-0.15, -0.1) is 0 Å². The molecule has 7 heteroatoms. The summed E-state index contributed by atoms with van der Waals surface area (Å²) < 4.78 is 5.31. The lowest BCUT2D eigenvalue weighted by Crippen LogP contribution is -2.27. The number of amides is 1. The van der Waals surface area contributed by atoms with Crippen LogP contribution in [0.3, 0.4) is 0 Å². The van der Waals surface area contributed by atoms with Crippen LogP contribution in [0.5, 0.6) is 0 Å². The van der Waals surface area contributed by atoms with E-state index in [9.17, 15) is 9.59 Å². The largest absolute Gasteiger partial charge is 0.465 e. The van der Waals surface area contributed by atoms with Gasteiger partial charge in [0.25, 0.3) is 0 Å². The van der Waals surface area contributed by atoms with Crippen LogP contribution in [-0.2, 0) is 20.9 Å². The highest BCUT2D eigenvalue weighted by atomic mass is 35.5. The molecule has 0 bridgehead atoms. The Bertz CT molecular complexity index is 547. The van der Waals surface area contributed by atoms with Crippen molar-refractivity contribution >= 4 is 23.5 Å². The number of aromatic nitrogens is 2. The van der Waals surface area contributed by atoms with Crippen molar-refractivity contribution in [1.29, 1.82) is 0 Å².